The quantitative estimate of drug-likeness (QED) is 0.444. The first-order valence-electron chi connectivity index (χ1n) is 9.17. The summed E-state index contributed by atoms with van der Waals surface area (Å²) in [6.45, 7) is 0.734. The van der Waals surface area contributed by atoms with Crippen LogP contribution in [0.15, 0.2) is 78.9 Å². The molecule has 0 heterocycles. The Morgan fingerprint density at radius 3 is 2.27 bits per heavy atom. The van der Waals surface area contributed by atoms with Crippen molar-refractivity contribution in [3.05, 3.63) is 90.0 Å². The Kier molecular flexibility index (Phi) is 7.36. The van der Waals surface area contributed by atoms with Crippen molar-refractivity contribution < 1.29 is 14.3 Å². The second kappa shape index (κ2) is 10.6. The maximum Gasteiger partial charge on any atom is 0.257 e. The first-order chi connectivity index (χ1) is 14.6. The molecule has 0 saturated carbocycles. The van der Waals surface area contributed by atoms with Crippen LogP contribution in [0.2, 0.25) is 0 Å². The molecule has 2 N–H and O–H groups in total. The molecule has 6 nitrogen and oxygen atoms in total. The number of anilines is 1. The number of hydrogen-bond acceptors (Lipinski definition) is 5. The molecule has 0 spiro atoms. The summed E-state index contributed by atoms with van der Waals surface area (Å²) in [5.41, 5.74) is 1.64. The number of ether oxygens (including phenoxy) is 2. The molecule has 0 aliphatic carbocycles. The standard InChI is InChI=1S/C23H19N3O3S/c24-16-17-9-11-19(12-10-17)25-23(30)26-22(27)18-5-4-8-21(15-18)29-14-13-28-20-6-2-1-3-7-20/h1-12,15H,13-14H2,(H2,25,26,27,30). The van der Waals surface area contributed by atoms with Gasteiger partial charge in [0.1, 0.15) is 24.7 Å². The Morgan fingerprint density at radius 1 is 0.900 bits per heavy atom. The molecule has 3 aromatic rings. The van der Waals surface area contributed by atoms with Gasteiger partial charge in [-0.2, -0.15) is 5.26 Å². The Bertz CT molecular complexity index is 1050. The molecule has 150 valence electrons. The van der Waals surface area contributed by atoms with Crippen LogP contribution < -0.4 is 20.1 Å². The van der Waals surface area contributed by atoms with E-state index in [0.29, 0.717) is 35.8 Å². The lowest BCUT2D eigenvalue weighted by Gasteiger charge is -2.11. The number of thiocarbonyl (C=S) groups is 1. The zero-order valence-corrected chi connectivity index (χ0v) is 16.8. The van der Waals surface area contributed by atoms with E-state index in [1.54, 1.807) is 48.5 Å². The number of nitrogens with one attached hydrogen (secondary N) is 2. The topological polar surface area (TPSA) is 83.4 Å². The van der Waals surface area contributed by atoms with Crippen molar-refractivity contribution >= 4 is 28.9 Å². The lowest BCUT2D eigenvalue weighted by molar-refractivity contribution is 0.0977. The predicted octanol–water partition coefficient (Wildman–Crippen LogP) is 4.14. The normalized spacial score (nSPS) is 9.83. The summed E-state index contributed by atoms with van der Waals surface area (Å²) in [5.74, 6) is 0.981. The Hall–Kier alpha value is -3.89. The molecule has 0 atom stereocenters. The third-order valence-corrected chi connectivity index (χ3v) is 4.16. The molecule has 0 radical (unpaired) electrons. The summed E-state index contributed by atoms with van der Waals surface area (Å²) in [7, 11) is 0. The maximum absolute atomic E-state index is 12.5. The van der Waals surface area contributed by atoms with Crippen molar-refractivity contribution in [3.8, 4) is 17.6 Å². The van der Waals surface area contributed by atoms with Crippen molar-refractivity contribution in [2.75, 3.05) is 18.5 Å². The van der Waals surface area contributed by atoms with Gasteiger partial charge in [0.15, 0.2) is 5.11 Å². The number of carbonyl (C=O) groups excluding carboxylic acids is 1. The van der Waals surface area contributed by atoms with E-state index in [1.807, 2.05) is 36.4 Å². The number of nitrogens with zero attached hydrogens (tertiary/aromatic N) is 1. The van der Waals surface area contributed by atoms with Crippen LogP contribution in [0.4, 0.5) is 5.69 Å². The van der Waals surface area contributed by atoms with Gasteiger partial charge in [-0.3, -0.25) is 10.1 Å². The highest BCUT2D eigenvalue weighted by molar-refractivity contribution is 7.80. The SMILES string of the molecule is N#Cc1ccc(NC(=S)NC(=O)c2cccc(OCCOc3ccccc3)c2)cc1. The number of para-hydroxylation sites is 1. The number of hydrogen-bond donors (Lipinski definition) is 2. The summed E-state index contributed by atoms with van der Waals surface area (Å²) >= 11 is 5.18. The highest BCUT2D eigenvalue weighted by Gasteiger charge is 2.09. The van der Waals surface area contributed by atoms with Crippen LogP contribution in [0.3, 0.4) is 0 Å². The molecular weight excluding hydrogens is 398 g/mol. The predicted molar refractivity (Wildman–Crippen MR) is 119 cm³/mol. The van der Waals surface area contributed by atoms with E-state index >= 15 is 0 Å². The van der Waals surface area contributed by atoms with Gasteiger partial charge >= 0.3 is 0 Å². The Labute approximate surface area is 180 Å². The first kappa shape index (κ1) is 20.8. The lowest BCUT2D eigenvalue weighted by atomic mass is 10.2. The van der Waals surface area contributed by atoms with E-state index in [0.717, 1.165) is 5.75 Å². The van der Waals surface area contributed by atoms with Gasteiger partial charge in [0.05, 0.1) is 11.6 Å². The maximum atomic E-state index is 12.5. The molecule has 0 fully saturated rings. The Morgan fingerprint density at radius 2 is 1.57 bits per heavy atom. The van der Waals surface area contributed by atoms with Crippen molar-refractivity contribution in [1.82, 2.24) is 5.32 Å². The van der Waals surface area contributed by atoms with Crippen LogP contribution in [-0.4, -0.2) is 24.2 Å². The van der Waals surface area contributed by atoms with E-state index in [1.165, 1.54) is 0 Å². The number of carbonyl (C=O) groups is 1. The van der Waals surface area contributed by atoms with Gasteiger partial charge in [0, 0.05) is 11.3 Å². The van der Waals surface area contributed by atoms with Crippen LogP contribution in [-0.2, 0) is 0 Å². The summed E-state index contributed by atoms with van der Waals surface area (Å²) in [6.07, 6.45) is 0. The van der Waals surface area contributed by atoms with Crippen molar-refractivity contribution in [2.24, 2.45) is 0 Å². The van der Waals surface area contributed by atoms with E-state index in [4.69, 9.17) is 27.0 Å². The fourth-order valence-corrected chi connectivity index (χ4v) is 2.74. The molecule has 3 rings (SSSR count). The molecule has 0 aromatic heterocycles. The first-order valence-corrected chi connectivity index (χ1v) is 9.58. The second-order valence-electron chi connectivity index (χ2n) is 6.14. The lowest BCUT2D eigenvalue weighted by Crippen LogP contribution is -2.34. The largest absolute Gasteiger partial charge is 0.490 e. The van der Waals surface area contributed by atoms with Crippen LogP contribution in [0.25, 0.3) is 0 Å². The average molecular weight is 417 g/mol. The van der Waals surface area contributed by atoms with Gasteiger partial charge in [-0.1, -0.05) is 24.3 Å². The second-order valence-corrected chi connectivity index (χ2v) is 6.54. The summed E-state index contributed by atoms with van der Waals surface area (Å²) < 4.78 is 11.2. The number of amides is 1. The van der Waals surface area contributed by atoms with E-state index in [-0.39, 0.29) is 11.0 Å². The molecule has 0 unspecified atom stereocenters. The molecule has 0 aliphatic heterocycles. The van der Waals surface area contributed by atoms with E-state index < -0.39 is 0 Å². The third kappa shape index (κ3) is 6.33. The molecule has 7 heteroatoms. The fraction of sp³-hybridized carbons (Fsp3) is 0.0870. The fourth-order valence-electron chi connectivity index (χ4n) is 2.53. The zero-order chi connectivity index (χ0) is 21.2. The number of benzene rings is 3. The third-order valence-electron chi connectivity index (χ3n) is 3.96. The minimum absolute atomic E-state index is 0.160. The highest BCUT2D eigenvalue weighted by atomic mass is 32.1. The van der Waals surface area contributed by atoms with Gasteiger partial charge in [0.25, 0.3) is 5.91 Å². The van der Waals surface area contributed by atoms with Crippen molar-refractivity contribution in [2.45, 2.75) is 0 Å². The van der Waals surface area contributed by atoms with Crippen LogP contribution in [0, 0.1) is 11.3 Å². The molecule has 3 aromatic carbocycles. The number of rotatable bonds is 7. The highest BCUT2D eigenvalue weighted by Crippen LogP contribution is 2.14. The monoisotopic (exact) mass is 417 g/mol. The molecule has 0 aliphatic rings. The number of nitriles is 1. The molecule has 0 bridgehead atoms. The van der Waals surface area contributed by atoms with Gasteiger partial charge in [-0.05, 0) is 66.8 Å². The van der Waals surface area contributed by atoms with Crippen molar-refractivity contribution in [1.29, 1.82) is 5.26 Å². The molecule has 0 saturated heterocycles. The van der Waals surface area contributed by atoms with Gasteiger partial charge in [0.2, 0.25) is 0 Å². The van der Waals surface area contributed by atoms with E-state index in [9.17, 15) is 4.79 Å². The summed E-state index contributed by atoms with van der Waals surface area (Å²) in [4.78, 5) is 12.5. The van der Waals surface area contributed by atoms with Gasteiger partial charge in [-0.25, -0.2) is 0 Å². The minimum Gasteiger partial charge on any atom is -0.490 e. The van der Waals surface area contributed by atoms with Crippen LogP contribution in [0.1, 0.15) is 15.9 Å². The van der Waals surface area contributed by atoms with Crippen molar-refractivity contribution in [3.63, 3.8) is 0 Å². The molecular formula is C23H19N3O3S. The average Bonchev–Trinajstić information content (AvgIpc) is 2.78. The van der Waals surface area contributed by atoms with Gasteiger partial charge < -0.3 is 14.8 Å². The zero-order valence-electron chi connectivity index (χ0n) is 16.0. The Balaban J connectivity index is 1.48. The van der Waals surface area contributed by atoms with Crippen LogP contribution >= 0.6 is 12.2 Å². The summed E-state index contributed by atoms with van der Waals surface area (Å²) in [6, 6.07) is 25.1. The van der Waals surface area contributed by atoms with Crippen LogP contribution in [0.5, 0.6) is 11.5 Å². The van der Waals surface area contributed by atoms with E-state index in [2.05, 4.69) is 10.6 Å². The minimum atomic E-state index is -0.355. The molecule has 30 heavy (non-hydrogen) atoms. The van der Waals surface area contributed by atoms with Gasteiger partial charge in [-0.15, -0.1) is 0 Å². The smallest absolute Gasteiger partial charge is 0.257 e. The summed E-state index contributed by atoms with van der Waals surface area (Å²) in [5, 5.41) is 14.5. The molecule has 1 amide bonds.